The maximum absolute atomic E-state index is 13.1. The monoisotopic (exact) mass is 418 g/mol. The SMILES string of the molecule is Cc1ccc(C)c(S(=O)(=O)N2CCC(C(=O)N[C@H](C)c3ccc(F)cc3)CC2)c1. The third-order valence-electron chi connectivity index (χ3n) is 5.51. The highest BCUT2D eigenvalue weighted by Gasteiger charge is 2.33. The zero-order chi connectivity index (χ0) is 21.2. The van der Waals surface area contributed by atoms with Gasteiger partial charge in [-0.1, -0.05) is 24.3 Å². The van der Waals surface area contributed by atoms with Crippen molar-refractivity contribution in [2.24, 2.45) is 5.92 Å². The molecule has 0 aliphatic carbocycles. The maximum atomic E-state index is 13.1. The number of piperidine rings is 1. The van der Waals surface area contributed by atoms with Gasteiger partial charge in [-0.05, 0) is 68.5 Å². The van der Waals surface area contributed by atoms with Crippen LogP contribution in [0.5, 0.6) is 0 Å². The summed E-state index contributed by atoms with van der Waals surface area (Å²) >= 11 is 0. The van der Waals surface area contributed by atoms with Crippen molar-refractivity contribution in [1.82, 2.24) is 9.62 Å². The van der Waals surface area contributed by atoms with Gasteiger partial charge >= 0.3 is 0 Å². The van der Waals surface area contributed by atoms with Gasteiger partial charge in [0.2, 0.25) is 15.9 Å². The van der Waals surface area contributed by atoms with Gasteiger partial charge in [0.1, 0.15) is 5.82 Å². The Balaban J connectivity index is 1.61. The first-order valence-electron chi connectivity index (χ1n) is 9.81. The number of nitrogens with zero attached hydrogens (tertiary/aromatic N) is 1. The molecule has 1 aliphatic heterocycles. The summed E-state index contributed by atoms with van der Waals surface area (Å²) in [6.07, 6.45) is 0.956. The minimum atomic E-state index is -3.57. The van der Waals surface area contributed by atoms with Crippen molar-refractivity contribution in [2.45, 2.75) is 44.6 Å². The average molecular weight is 419 g/mol. The Morgan fingerprint density at radius 3 is 2.34 bits per heavy atom. The Kier molecular flexibility index (Phi) is 6.39. The van der Waals surface area contributed by atoms with Gasteiger partial charge in [0.15, 0.2) is 0 Å². The van der Waals surface area contributed by atoms with Gasteiger partial charge in [0, 0.05) is 19.0 Å². The number of sulfonamides is 1. The molecule has 1 atom stereocenters. The van der Waals surface area contributed by atoms with Crippen LogP contribution >= 0.6 is 0 Å². The molecule has 1 aliphatic rings. The lowest BCUT2D eigenvalue weighted by Gasteiger charge is -2.31. The van der Waals surface area contributed by atoms with Crippen LogP contribution in [-0.2, 0) is 14.8 Å². The highest BCUT2D eigenvalue weighted by Crippen LogP contribution is 2.27. The third-order valence-corrected chi connectivity index (χ3v) is 7.56. The summed E-state index contributed by atoms with van der Waals surface area (Å²) in [6.45, 7) is 6.16. The number of carbonyl (C=O) groups is 1. The van der Waals surface area contributed by atoms with Crippen LogP contribution in [-0.4, -0.2) is 31.7 Å². The van der Waals surface area contributed by atoms with Crippen molar-refractivity contribution in [1.29, 1.82) is 0 Å². The first kappa shape index (κ1) is 21.5. The van der Waals surface area contributed by atoms with Gasteiger partial charge in [-0.25, -0.2) is 12.8 Å². The first-order chi connectivity index (χ1) is 13.7. The van der Waals surface area contributed by atoms with E-state index in [0.717, 1.165) is 16.7 Å². The van der Waals surface area contributed by atoms with Crippen LogP contribution in [0.2, 0.25) is 0 Å². The fourth-order valence-corrected chi connectivity index (χ4v) is 5.43. The molecule has 0 bridgehead atoms. The second-order valence-electron chi connectivity index (χ2n) is 7.73. The summed E-state index contributed by atoms with van der Waals surface area (Å²) in [6, 6.07) is 11.2. The lowest BCUT2D eigenvalue weighted by molar-refractivity contribution is -0.126. The molecule has 1 heterocycles. The van der Waals surface area contributed by atoms with Crippen LogP contribution in [0.1, 0.15) is 42.5 Å². The maximum Gasteiger partial charge on any atom is 0.243 e. The number of aryl methyl sites for hydroxylation is 2. The molecule has 1 amide bonds. The molecule has 7 heteroatoms. The van der Waals surface area contributed by atoms with Crippen molar-refractivity contribution < 1.29 is 17.6 Å². The van der Waals surface area contributed by atoms with Crippen LogP contribution in [0, 0.1) is 25.6 Å². The van der Waals surface area contributed by atoms with Crippen molar-refractivity contribution in [3.05, 3.63) is 65.0 Å². The topological polar surface area (TPSA) is 66.5 Å². The molecule has 1 N–H and O–H groups in total. The fourth-order valence-electron chi connectivity index (χ4n) is 3.65. The van der Waals surface area contributed by atoms with E-state index in [1.807, 2.05) is 26.0 Å². The highest BCUT2D eigenvalue weighted by atomic mass is 32.2. The fraction of sp³-hybridized carbons (Fsp3) is 0.409. The van der Waals surface area contributed by atoms with Crippen molar-refractivity contribution in [3.8, 4) is 0 Å². The number of carbonyl (C=O) groups excluding carboxylic acids is 1. The Bertz CT molecular complexity index is 982. The predicted octanol–water partition coefficient (Wildman–Crippen LogP) is 3.72. The third kappa shape index (κ3) is 4.85. The molecule has 1 fully saturated rings. The summed E-state index contributed by atoms with van der Waals surface area (Å²) in [5, 5.41) is 2.96. The van der Waals surface area contributed by atoms with E-state index in [1.54, 1.807) is 25.1 Å². The number of hydrogen-bond acceptors (Lipinski definition) is 3. The molecule has 2 aromatic rings. The van der Waals surface area contributed by atoms with E-state index in [9.17, 15) is 17.6 Å². The molecule has 5 nitrogen and oxygen atoms in total. The smallest absolute Gasteiger partial charge is 0.243 e. The zero-order valence-electron chi connectivity index (χ0n) is 17.0. The molecular weight excluding hydrogens is 391 g/mol. The predicted molar refractivity (Wildman–Crippen MR) is 110 cm³/mol. The summed E-state index contributed by atoms with van der Waals surface area (Å²) in [5.41, 5.74) is 2.46. The van der Waals surface area contributed by atoms with Gasteiger partial charge in [-0.3, -0.25) is 4.79 Å². The van der Waals surface area contributed by atoms with Gasteiger partial charge in [0.25, 0.3) is 0 Å². The quantitative estimate of drug-likeness (QED) is 0.805. The van der Waals surface area contributed by atoms with Crippen LogP contribution < -0.4 is 5.32 Å². The highest BCUT2D eigenvalue weighted by molar-refractivity contribution is 7.89. The summed E-state index contributed by atoms with van der Waals surface area (Å²) in [4.78, 5) is 13.0. The molecule has 29 heavy (non-hydrogen) atoms. The molecule has 0 saturated carbocycles. The minimum Gasteiger partial charge on any atom is -0.349 e. The summed E-state index contributed by atoms with van der Waals surface area (Å²) in [5.74, 6) is -0.640. The Morgan fingerprint density at radius 1 is 1.10 bits per heavy atom. The van der Waals surface area contributed by atoms with Gasteiger partial charge < -0.3 is 5.32 Å². The molecule has 1 saturated heterocycles. The van der Waals surface area contributed by atoms with E-state index in [-0.39, 0.29) is 23.7 Å². The summed E-state index contributed by atoms with van der Waals surface area (Å²) < 4.78 is 40.6. The Hall–Kier alpha value is -2.25. The van der Waals surface area contributed by atoms with Gasteiger partial charge in [0.05, 0.1) is 10.9 Å². The normalized spacial score (nSPS) is 17.1. The molecule has 156 valence electrons. The van der Waals surface area contributed by atoms with Crippen LogP contribution in [0.15, 0.2) is 47.4 Å². The van der Waals surface area contributed by atoms with Crippen molar-refractivity contribution in [2.75, 3.05) is 13.1 Å². The standard InChI is InChI=1S/C22H27FN2O3S/c1-15-4-5-16(2)21(14-15)29(27,28)25-12-10-19(11-13-25)22(26)24-17(3)18-6-8-20(23)9-7-18/h4-9,14,17,19H,10-13H2,1-3H3,(H,24,26)/t17-/m1/s1. The number of nitrogens with one attached hydrogen (secondary N) is 1. The van der Waals surface area contributed by atoms with E-state index in [4.69, 9.17) is 0 Å². The second kappa shape index (κ2) is 8.63. The first-order valence-corrected chi connectivity index (χ1v) is 11.3. The van der Waals surface area contributed by atoms with E-state index in [1.165, 1.54) is 16.4 Å². The minimum absolute atomic E-state index is 0.0920. The van der Waals surface area contributed by atoms with E-state index in [0.29, 0.717) is 30.8 Å². The molecule has 0 aromatic heterocycles. The number of halogens is 1. The van der Waals surface area contributed by atoms with Gasteiger partial charge in [-0.2, -0.15) is 4.31 Å². The van der Waals surface area contributed by atoms with E-state index in [2.05, 4.69) is 5.32 Å². The molecule has 0 radical (unpaired) electrons. The molecule has 0 unspecified atom stereocenters. The van der Waals surface area contributed by atoms with Crippen molar-refractivity contribution in [3.63, 3.8) is 0 Å². The lowest BCUT2D eigenvalue weighted by Crippen LogP contribution is -2.43. The molecule has 3 rings (SSSR count). The molecule has 0 spiro atoms. The largest absolute Gasteiger partial charge is 0.349 e. The number of rotatable bonds is 5. The van der Waals surface area contributed by atoms with Gasteiger partial charge in [-0.15, -0.1) is 0 Å². The number of benzene rings is 2. The Labute approximate surface area is 172 Å². The molecule has 2 aromatic carbocycles. The van der Waals surface area contributed by atoms with Crippen LogP contribution in [0.3, 0.4) is 0 Å². The average Bonchev–Trinajstić information content (AvgIpc) is 2.70. The van der Waals surface area contributed by atoms with E-state index < -0.39 is 10.0 Å². The second-order valence-corrected chi connectivity index (χ2v) is 9.64. The number of hydrogen-bond donors (Lipinski definition) is 1. The van der Waals surface area contributed by atoms with Crippen LogP contribution in [0.4, 0.5) is 4.39 Å². The van der Waals surface area contributed by atoms with Crippen molar-refractivity contribution >= 4 is 15.9 Å². The lowest BCUT2D eigenvalue weighted by atomic mass is 9.96. The van der Waals surface area contributed by atoms with E-state index >= 15 is 0 Å². The zero-order valence-corrected chi connectivity index (χ0v) is 17.8. The number of amides is 1. The van der Waals surface area contributed by atoms with Crippen LogP contribution in [0.25, 0.3) is 0 Å². The Morgan fingerprint density at radius 2 is 1.72 bits per heavy atom. The molecular formula is C22H27FN2O3S. The summed E-state index contributed by atoms with van der Waals surface area (Å²) in [7, 11) is -3.57.